The maximum absolute atomic E-state index is 14.8. The molecule has 0 radical (unpaired) electrons. The molecule has 0 bridgehead atoms. The zero-order valence-corrected chi connectivity index (χ0v) is 25.0. The maximum Gasteiger partial charge on any atom is 0.226 e. The van der Waals surface area contributed by atoms with Crippen LogP contribution >= 0.6 is 0 Å². The lowest BCUT2D eigenvalue weighted by Gasteiger charge is -2.28. The van der Waals surface area contributed by atoms with Crippen LogP contribution in [0.2, 0.25) is 0 Å². The van der Waals surface area contributed by atoms with E-state index in [1.54, 1.807) is 30.7 Å². The second kappa shape index (κ2) is 11.4. The van der Waals surface area contributed by atoms with E-state index in [-0.39, 0.29) is 29.5 Å². The molecule has 7 nitrogen and oxygen atoms in total. The van der Waals surface area contributed by atoms with E-state index in [4.69, 9.17) is 4.98 Å². The number of benzene rings is 1. The van der Waals surface area contributed by atoms with E-state index in [1.165, 1.54) is 6.07 Å². The Balaban J connectivity index is 1.41. The molecule has 4 aromatic rings. The van der Waals surface area contributed by atoms with Crippen LogP contribution in [0.5, 0.6) is 0 Å². The third-order valence-corrected chi connectivity index (χ3v) is 8.01. The first-order valence-corrected chi connectivity index (χ1v) is 14.6. The molecule has 3 aromatic heterocycles. The Hall–Kier alpha value is -4.85. The summed E-state index contributed by atoms with van der Waals surface area (Å²) >= 11 is 0. The summed E-state index contributed by atoms with van der Waals surface area (Å²) in [6.07, 6.45) is 13.4. The number of fused-ring (bicyclic) bond motifs is 2. The van der Waals surface area contributed by atoms with Gasteiger partial charge in [-0.2, -0.15) is 0 Å². The van der Waals surface area contributed by atoms with Gasteiger partial charge in [0, 0.05) is 71.3 Å². The lowest BCUT2D eigenvalue weighted by atomic mass is 9.86. The van der Waals surface area contributed by atoms with E-state index < -0.39 is 0 Å². The lowest BCUT2D eigenvalue weighted by molar-refractivity contribution is -0.118. The normalized spacial score (nSPS) is 17.7. The minimum atomic E-state index is -0.265. The summed E-state index contributed by atoms with van der Waals surface area (Å²) in [7, 11) is 2.09. The number of hydrogen-bond acceptors (Lipinski definition) is 6. The number of halogens is 1. The molecule has 0 fully saturated rings. The highest BCUT2D eigenvalue weighted by atomic mass is 19.1. The van der Waals surface area contributed by atoms with Crippen molar-refractivity contribution in [2.75, 3.05) is 29.1 Å². The van der Waals surface area contributed by atoms with Gasteiger partial charge in [0.1, 0.15) is 5.82 Å². The highest BCUT2D eigenvalue weighted by Crippen LogP contribution is 2.44. The van der Waals surface area contributed by atoms with Crippen LogP contribution in [0.25, 0.3) is 28.0 Å². The predicted molar refractivity (Wildman–Crippen MR) is 171 cm³/mol. The summed E-state index contributed by atoms with van der Waals surface area (Å²) < 4.78 is 14.8. The van der Waals surface area contributed by atoms with Crippen LogP contribution in [0, 0.1) is 17.7 Å². The molecule has 0 aliphatic carbocycles. The molecule has 2 aliphatic heterocycles. The molecule has 0 spiro atoms. The molecule has 218 valence electrons. The Kier molecular flexibility index (Phi) is 7.52. The average Bonchev–Trinajstić information content (AvgIpc) is 3.12. The second-order valence-electron chi connectivity index (χ2n) is 11.8. The third-order valence-electron chi connectivity index (χ3n) is 8.01. The number of nitrogens with one attached hydrogen (secondary N) is 2. The molecule has 0 saturated heterocycles. The van der Waals surface area contributed by atoms with Gasteiger partial charge in [-0.25, -0.2) is 4.39 Å². The molecule has 5 heterocycles. The Labute approximate surface area is 251 Å². The maximum atomic E-state index is 14.8. The van der Waals surface area contributed by atoms with Crippen LogP contribution in [-0.2, 0) is 4.79 Å². The van der Waals surface area contributed by atoms with Crippen LogP contribution in [0.3, 0.4) is 0 Å². The fraction of sp³-hybridized carbons (Fsp3) is 0.257. The first-order chi connectivity index (χ1) is 20.7. The Morgan fingerprint density at radius 2 is 1.79 bits per heavy atom. The Morgan fingerprint density at radius 3 is 2.58 bits per heavy atom. The van der Waals surface area contributed by atoms with Gasteiger partial charge in [0.2, 0.25) is 5.91 Å². The van der Waals surface area contributed by atoms with E-state index in [1.807, 2.05) is 38.4 Å². The number of allylic oxidation sites excluding steroid dienone is 2. The van der Waals surface area contributed by atoms with Crippen molar-refractivity contribution in [2.45, 2.75) is 33.6 Å². The van der Waals surface area contributed by atoms with E-state index in [9.17, 15) is 9.18 Å². The standard InChI is InChI=1S/C35H35FN6O/c1-20(2)35(43)40-24-12-23(14-37-15-24)30-13-27-26(10-21(3)19-42(5)33(27)18-39-30)31-11-22(4)34-28(16-38-17-32(34)41-31)25-8-6-7-9-29(25)36/h6-18,20-22,41H,19H2,1-5H3,(H,40,43). The quantitative estimate of drug-likeness (QED) is 0.257. The van der Waals surface area contributed by atoms with Crippen LogP contribution < -0.4 is 15.5 Å². The van der Waals surface area contributed by atoms with Gasteiger partial charge in [0.25, 0.3) is 0 Å². The minimum absolute atomic E-state index is 0.0104. The summed E-state index contributed by atoms with van der Waals surface area (Å²) in [5.41, 5.74) is 9.54. The Bertz CT molecular complexity index is 1780. The molecule has 1 amide bonds. The van der Waals surface area contributed by atoms with E-state index >= 15 is 0 Å². The largest absolute Gasteiger partial charge is 0.372 e. The molecule has 43 heavy (non-hydrogen) atoms. The number of aromatic nitrogens is 3. The lowest BCUT2D eigenvalue weighted by Crippen LogP contribution is -2.22. The van der Waals surface area contributed by atoms with Gasteiger partial charge in [-0.05, 0) is 29.7 Å². The van der Waals surface area contributed by atoms with Gasteiger partial charge >= 0.3 is 0 Å². The van der Waals surface area contributed by atoms with Crippen LogP contribution in [0.15, 0.2) is 85.2 Å². The predicted octanol–water partition coefficient (Wildman–Crippen LogP) is 7.52. The number of hydrogen-bond donors (Lipinski definition) is 2. The van der Waals surface area contributed by atoms with Crippen molar-refractivity contribution in [3.05, 3.63) is 102 Å². The molecular weight excluding hydrogens is 539 g/mol. The number of rotatable bonds is 5. The number of amides is 1. The summed E-state index contributed by atoms with van der Waals surface area (Å²) in [6.45, 7) is 8.90. The van der Waals surface area contributed by atoms with Crippen LogP contribution in [0.4, 0.5) is 21.5 Å². The zero-order valence-electron chi connectivity index (χ0n) is 25.0. The van der Waals surface area contributed by atoms with Crippen molar-refractivity contribution >= 4 is 28.5 Å². The first-order valence-electron chi connectivity index (χ1n) is 14.6. The molecule has 2 N–H and O–H groups in total. The smallest absolute Gasteiger partial charge is 0.226 e. The van der Waals surface area contributed by atoms with Crippen molar-refractivity contribution in [3.63, 3.8) is 0 Å². The van der Waals surface area contributed by atoms with E-state index in [0.29, 0.717) is 11.3 Å². The van der Waals surface area contributed by atoms with Gasteiger partial charge in [-0.15, -0.1) is 0 Å². The molecule has 2 atom stereocenters. The summed E-state index contributed by atoms with van der Waals surface area (Å²) in [4.78, 5) is 28.2. The van der Waals surface area contributed by atoms with Crippen molar-refractivity contribution in [2.24, 2.45) is 11.8 Å². The monoisotopic (exact) mass is 574 g/mol. The van der Waals surface area contributed by atoms with Gasteiger partial charge in [-0.1, -0.05) is 58.0 Å². The summed E-state index contributed by atoms with van der Waals surface area (Å²) in [6, 6.07) is 10.8. The topological polar surface area (TPSA) is 83.0 Å². The average molecular weight is 575 g/mol. The molecule has 8 heteroatoms. The van der Waals surface area contributed by atoms with E-state index in [0.717, 1.165) is 57.1 Å². The highest BCUT2D eigenvalue weighted by Gasteiger charge is 2.28. The van der Waals surface area contributed by atoms with Crippen molar-refractivity contribution < 1.29 is 9.18 Å². The first kappa shape index (κ1) is 28.3. The molecule has 0 saturated carbocycles. The van der Waals surface area contributed by atoms with Crippen LogP contribution in [0.1, 0.15) is 44.7 Å². The fourth-order valence-electron chi connectivity index (χ4n) is 5.89. The SMILES string of the molecule is CC1C=C(C2=CC(C)c3c(cncc3-c3ccccc3F)N2)c2cc(-c3cncc(NC(=O)C(C)C)c3)ncc2N(C)C1. The van der Waals surface area contributed by atoms with Gasteiger partial charge < -0.3 is 15.5 Å². The van der Waals surface area contributed by atoms with Crippen LogP contribution in [-0.4, -0.2) is 34.5 Å². The minimum Gasteiger partial charge on any atom is -0.372 e. The number of nitrogens with zero attached hydrogens (tertiary/aromatic N) is 4. The number of carbonyl (C=O) groups is 1. The summed E-state index contributed by atoms with van der Waals surface area (Å²) in [5, 5.41) is 6.57. The molecule has 1 aromatic carbocycles. The van der Waals surface area contributed by atoms with Gasteiger partial charge in [0.15, 0.2) is 0 Å². The highest BCUT2D eigenvalue weighted by molar-refractivity contribution is 5.94. The van der Waals surface area contributed by atoms with Gasteiger partial charge in [-0.3, -0.25) is 19.7 Å². The number of carbonyl (C=O) groups excluding carboxylic acids is 1. The molecular formula is C35H35FN6O. The second-order valence-corrected chi connectivity index (χ2v) is 11.8. The fourth-order valence-corrected chi connectivity index (χ4v) is 5.89. The van der Waals surface area contributed by atoms with Gasteiger partial charge in [0.05, 0.1) is 41.3 Å². The molecule has 2 aliphatic rings. The van der Waals surface area contributed by atoms with E-state index in [2.05, 4.69) is 64.6 Å². The third kappa shape index (κ3) is 5.52. The number of anilines is 3. The van der Waals surface area contributed by atoms with Crippen molar-refractivity contribution in [1.82, 2.24) is 15.0 Å². The van der Waals surface area contributed by atoms with Crippen molar-refractivity contribution in [1.29, 1.82) is 0 Å². The molecule has 2 unspecified atom stereocenters. The Morgan fingerprint density at radius 1 is 1.00 bits per heavy atom. The number of pyridine rings is 3. The van der Waals surface area contributed by atoms with Crippen molar-refractivity contribution in [3.8, 4) is 22.4 Å². The summed E-state index contributed by atoms with van der Waals surface area (Å²) in [5.74, 6) is -0.182. The molecule has 6 rings (SSSR count). The zero-order chi connectivity index (χ0) is 30.2.